The first-order valence-electron chi connectivity index (χ1n) is 5.01. The van der Waals surface area contributed by atoms with Gasteiger partial charge in [0.15, 0.2) is 0 Å². The summed E-state index contributed by atoms with van der Waals surface area (Å²) in [5.41, 5.74) is 0.874. The second-order valence-corrected chi connectivity index (χ2v) is 4.50. The fourth-order valence-electron chi connectivity index (χ4n) is 1.65. The number of carbonyl (C=O) groups is 1. The number of halogens is 2. The number of hydrogen-bond acceptors (Lipinski definition) is 2. The van der Waals surface area contributed by atoms with E-state index in [1.165, 1.54) is 36.4 Å². The lowest BCUT2D eigenvalue weighted by atomic mass is 9.99. The van der Waals surface area contributed by atoms with Crippen molar-refractivity contribution in [2.75, 3.05) is 0 Å². The highest BCUT2D eigenvalue weighted by molar-refractivity contribution is 6.34. The molecule has 18 heavy (non-hydrogen) atoms. The highest BCUT2D eigenvalue weighted by Crippen LogP contribution is 2.34. The molecule has 0 amide bonds. The van der Waals surface area contributed by atoms with E-state index in [4.69, 9.17) is 28.3 Å². The van der Waals surface area contributed by atoms with Gasteiger partial charge >= 0.3 is 5.97 Å². The Balaban J connectivity index is 2.73. The highest BCUT2D eigenvalue weighted by Gasteiger charge is 2.15. The van der Waals surface area contributed by atoms with E-state index in [2.05, 4.69) is 0 Å². The number of benzene rings is 2. The Hall–Kier alpha value is -1.71. The van der Waals surface area contributed by atoms with Crippen LogP contribution in [0.25, 0.3) is 11.1 Å². The van der Waals surface area contributed by atoms with Crippen LogP contribution in [-0.2, 0) is 0 Å². The molecule has 2 rings (SSSR count). The molecule has 5 heteroatoms. The zero-order chi connectivity index (χ0) is 13.3. The molecule has 3 nitrogen and oxygen atoms in total. The van der Waals surface area contributed by atoms with Crippen LogP contribution in [0.3, 0.4) is 0 Å². The molecule has 2 aromatic rings. The molecule has 0 saturated carbocycles. The van der Waals surface area contributed by atoms with E-state index >= 15 is 0 Å². The van der Waals surface area contributed by atoms with Crippen molar-refractivity contribution >= 4 is 29.2 Å². The van der Waals surface area contributed by atoms with Gasteiger partial charge in [-0.25, -0.2) is 4.79 Å². The monoisotopic (exact) mass is 282 g/mol. The largest absolute Gasteiger partial charge is 0.508 e. The van der Waals surface area contributed by atoms with Crippen molar-refractivity contribution in [2.24, 2.45) is 0 Å². The van der Waals surface area contributed by atoms with E-state index in [0.29, 0.717) is 21.2 Å². The molecule has 2 aromatic carbocycles. The van der Waals surface area contributed by atoms with Gasteiger partial charge in [0.05, 0.1) is 5.56 Å². The third-order valence-electron chi connectivity index (χ3n) is 2.45. The summed E-state index contributed by atoms with van der Waals surface area (Å²) in [4.78, 5) is 11.2. The molecular weight excluding hydrogens is 275 g/mol. The molecule has 0 spiro atoms. The number of aromatic carboxylic acids is 1. The zero-order valence-corrected chi connectivity index (χ0v) is 10.5. The summed E-state index contributed by atoms with van der Waals surface area (Å²) in [5.74, 6) is -1.08. The van der Waals surface area contributed by atoms with Gasteiger partial charge in [-0.05, 0) is 42.0 Å². The molecule has 0 aliphatic heterocycles. The average molecular weight is 283 g/mol. The molecular formula is C13H8Cl2O3. The number of carboxylic acids is 1. The first-order valence-corrected chi connectivity index (χ1v) is 5.76. The van der Waals surface area contributed by atoms with Crippen LogP contribution < -0.4 is 0 Å². The van der Waals surface area contributed by atoms with Gasteiger partial charge in [0.1, 0.15) is 5.75 Å². The van der Waals surface area contributed by atoms with Crippen LogP contribution in [-0.4, -0.2) is 16.2 Å². The maximum absolute atomic E-state index is 11.2. The lowest BCUT2D eigenvalue weighted by molar-refractivity contribution is 0.0697. The van der Waals surface area contributed by atoms with Crippen LogP contribution in [0.1, 0.15) is 10.4 Å². The summed E-state index contributed by atoms with van der Waals surface area (Å²) in [6.45, 7) is 0. The molecule has 0 radical (unpaired) electrons. The number of carboxylic acid groups (broad SMARTS) is 1. The molecule has 0 bridgehead atoms. The van der Waals surface area contributed by atoms with Gasteiger partial charge in [-0.1, -0.05) is 23.2 Å². The van der Waals surface area contributed by atoms with Crippen molar-refractivity contribution in [2.45, 2.75) is 0 Å². The molecule has 0 aromatic heterocycles. The average Bonchev–Trinajstić information content (AvgIpc) is 2.31. The lowest BCUT2D eigenvalue weighted by Crippen LogP contribution is -1.99. The van der Waals surface area contributed by atoms with E-state index in [1.54, 1.807) is 0 Å². The molecule has 0 aliphatic rings. The van der Waals surface area contributed by atoms with Gasteiger partial charge < -0.3 is 10.2 Å². The van der Waals surface area contributed by atoms with Crippen LogP contribution in [0.4, 0.5) is 0 Å². The minimum atomic E-state index is -1.08. The zero-order valence-electron chi connectivity index (χ0n) is 9.02. The Kier molecular flexibility index (Phi) is 3.45. The van der Waals surface area contributed by atoms with Gasteiger partial charge in [-0.15, -0.1) is 0 Å². The second-order valence-electron chi connectivity index (χ2n) is 3.66. The Morgan fingerprint density at radius 3 is 2.39 bits per heavy atom. The van der Waals surface area contributed by atoms with E-state index in [1.807, 2.05) is 0 Å². The number of phenolic OH excluding ortho intramolecular Hbond substituents is 1. The Bertz CT molecular complexity index is 624. The van der Waals surface area contributed by atoms with Crippen molar-refractivity contribution in [3.63, 3.8) is 0 Å². The predicted octanol–water partition coefficient (Wildman–Crippen LogP) is 4.06. The number of phenols is 1. The summed E-state index contributed by atoms with van der Waals surface area (Å²) in [7, 11) is 0. The quantitative estimate of drug-likeness (QED) is 0.873. The van der Waals surface area contributed by atoms with Crippen molar-refractivity contribution in [1.82, 2.24) is 0 Å². The van der Waals surface area contributed by atoms with E-state index in [9.17, 15) is 9.90 Å². The van der Waals surface area contributed by atoms with Crippen molar-refractivity contribution in [3.05, 3.63) is 52.0 Å². The highest BCUT2D eigenvalue weighted by atomic mass is 35.5. The number of aromatic hydroxyl groups is 1. The van der Waals surface area contributed by atoms with Gasteiger partial charge in [0.2, 0.25) is 0 Å². The molecule has 92 valence electrons. The minimum absolute atomic E-state index is 0.00529. The maximum atomic E-state index is 11.2. The molecule has 0 aliphatic carbocycles. The fraction of sp³-hybridized carbons (Fsp3) is 0. The standard InChI is InChI=1S/C13H8Cl2O3/c14-7-1-3-9(13(17)18)10(5-7)11-6-8(16)2-4-12(11)15/h1-6,16H,(H,17,18). The van der Waals surface area contributed by atoms with E-state index in [-0.39, 0.29) is 11.3 Å². The summed E-state index contributed by atoms with van der Waals surface area (Å²) >= 11 is 11.9. The first-order chi connectivity index (χ1) is 8.49. The van der Waals surface area contributed by atoms with E-state index in [0.717, 1.165) is 0 Å². The minimum Gasteiger partial charge on any atom is -0.508 e. The van der Waals surface area contributed by atoms with Crippen LogP contribution in [0, 0.1) is 0 Å². The van der Waals surface area contributed by atoms with Gasteiger partial charge in [0.25, 0.3) is 0 Å². The van der Waals surface area contributed by atoms with Gasteiger partial charge in [-0.3, -0.25) is 0 Å². The molecule has 0 saturated heterocycles. The van der Waals surface area contributed by atoms with Crippen molar-refractivity contribution in [1.29, 1.82) is 0 Å². The van der Waals surface area contributed by atoms with Crippen LogP contribution in [0.2, 0.25) is 10.0 Å². The third-order valence-corrected chi connectivity index (χ3v) is 3.02. The lowest BCUT2D eigenvalue weighted by Gasteiger charge is -2.09. The first kappa shape index (κ1) is 12.7. The molecule has 0 fully saturated rings. The Morgan fingerprint density at radius 2 is 1.72 bits per heavy atom. The van der Waals surface area contributed by atoms with Crippen LogP contribution in [0.15, 0.2) is 36.4 Å². The van der Waals surface area contributed by atoms with Crippen molar-refractivity contribution in [3.8, 4) is 16.9 Å². The maximum Gasteiger partial charge on any atom is 0.336 e. The predicted molar refractivity (Wildman–Crippen MR) is 70.5 cm³/mol. The molecule has 0 unspecified atom stereocenters. The summed E-state index contributed by atoms with van der Waals surface area (Å²) < 4.78 is 0. The summed E-state index contributed by atoms with van der Waals surface area (Å²) in [6, 6.07) is 8.73. The second kappa shape index (κ2) is 4.88. The van der Waals surface area contributed by atoms with E-state index < -0.39 is 5.97 Å². The fourth-order valence-corrected chi connectivity index (χ4v) is 2.04. The molecule has 0 heterocycles. The molecule has 2 N–H and O–H groups in total. The SMILES string of the molecule is O=C(O)c1ccc(Cl)cc1-c1cc(O)ccc1Cl. The third kappa shape index (κ3) is 2.42. The van der Waals surface area contributed by atoms with Crippen LogP contribution in [0.5, 0.6) is 5.75 Å². The Morgan fingerprint density at radius 1 is 1.00 bits per heavy atom. The van der Waals surface area contributed by atoms with Crippen LogP contribution >= 0.6 is 23.2 Å². The normalized spacial score (nSPS) is 10.3. The van der Waals surface area contributed by atoms with Crippen molar-refractivity contribution < 1.29 is 15.0 Å². The van der Waals surface area contributed by atoms with Gasteiger partial charge in [-0.2, -0.15) is 0 Å². The smallest absolute Gasteiger partial charge is 0.336 e. The van der Waals surface area contributed by atoms with Gasteiger partial charge in [0, 0.05) is 15.6 Å². The Labute approximate surface area is 113 Å². The number of hydrogen-bond donors (Lipinski definition) is 2. The number of rotatable bonds is 2. The molecule has 0 atom stereocenters. The summed E-state index contributed by atoms with van der Waals surface area (Å²) in [6.07, 6.45) is 0. The summed E-state index contributed by atoms with van der Waals surface area (Å²) in [5, 5.41) is 19.3. The topological polar surface area (TPSA) is 57.5 Å².